The first-order chi connectivity index (χ1) is 7.18. The molecule has 1 amide bonds. The van der Waals surface area contributed by atoms with Gasteiger partial charge in [0.25, 0.3) is 0 Å². The molecule has 1 aromatic carbocycles. The van der Waals surface area contributed by atoms with E-state index in [0.717, 1.165) is 19.4 Å². The average Bonchev–Trinajstić information content (AvgIpc) is 2.24. The molecule has 2 rings (SSSR count). The Balaban J connectivity index is 2.02. The van der Waals surface area contributed by atoms with Crippen LogP contribution in [0.3, 0.4) is 0 Å². The van der Waals surface area contributed by atoms with Crippen LogP contribution in [0, 0.1) is 5.41 Å². The van der Waals surface area contributed by atoms with Crippen molar-refractivity contribution in [2.45, 2.75) is 26.2 Å². The third-order valence-electron chi connectivity index (χ3n) is 3.14. The van der Waals surface area contributed by atoms with Crippen molar-refractivity contribution in [3.63, 3.8) is 0 Å². The summed E-state index contributed by atoms with van der Waals surface area (Å²) >= 11 is 0. The molecule has 80 valence electrons. The van der Waals surface area contributed by atoms with Crippen LogP contribution in [0.1, 0.15) is 25.3 Å². The Kier molecular flexibility index (Phi) is 2.76. The second-order valence-electron chi connectivity index (χ2n) is 4.75. The number of benzene rings is 1. The van der Waals surface area contributed by atoms with Gasteiger partial charge in [0, 0.05) is 13.0 Å². The van der Waals surface area contributed by atoms with Crippen molar-refractivity contribution in [2.75, 3.05) is 6.54 Å². The van der Waals surface area contributed by atoms with E-state index in [9.17, 15) is 4.79 Å². The van der Waals surface area contributed by atoms with Crippen molar-refractivity contribution >= 4 is 5.91 Å². The predicted octanol–water partition coefficient (Wildman–Crippen LogP) is 2.15. The van der Waals surface area contributed by atoms with Gasteiger partial charge in [0.15, 0.2) is 0 Å². The molecule has 1 aliphatic rings. The molecule has 0 aromatic heterocycles. The fourth-order valence-electron chi connectivity index (χ4n) is 2.14. The smallest absolute Gasteiger partial charge is 0.220 e. The fourth-order valence-corrected chi connectivity index (χ4v) is 2.14. The van der Waals surface area contributed by atoms with Gasteiger partial charge in [-0.05, 0) is 23.8 Å². The lowest BCUT2D eigenvalue weighted by Gasteiger charge is -2.33. The Labute approximate surface area is 90.7 Å². The molecule has 2 nitrogen and oxygen atoms in total. The third-order valence-corrected chi connectivity index (χ3v) is 3.14. The van der Waals surface area contributed by atoms with Gasteiger partial charge < -0.3 is 5.32 Å². The van der Waals surface area contributed by atoms with Crippen LogP contribution in [-0.4, -0.2) is 12.5 Å². The van der Waals surface area contributed by atoms with Crippen molar-refractivity contribution in [3.8, 4) is 0 Å². The van der Waals surface area contributed by atoms with Crippen LogP contribution in [0.2, 0.25) is 0 Å². The Bertz CT molecular complexity index is 335. The van der Waals surface area contributed by atoms with Crippen LogP contribution in [0.25, 0.3) is 0 Å². The Morgan fingerprint density at radius 2 is 2.07 bits per heavy atom. The topological polar surface area (TPSA) is 29.1 Å². The van der Waals surface area contributed by atoms with Crippen LogP contribution in [0.5, 0.6) is 0 Å². The van der Waals surface area contributed by atoms with E-state index in [1.807, 2.05) is 6.07 Å². The molecule has 0 radical (unpaired) electrons. The molecule has 1 heterocycles. The molecule has 1 aromatic rings. The predicted molar refractivity (Wildman–Crippen MR) is 60.5 cm³/mol. The summed E-state index contributed by atoms with van der Waals surface area (Å²) in [5, 5.41) is 2.95. The van der Waals surface area contributed by atoms with Crippen molar-refractivity contribution in [3.05, 3.63) is 35.9 Å². The van der Waals surface area contributed by atoms with Crippen molar-refractivity contribution in [2.24, 2.45) is 5.41 Å². The van der Waals surface area contributed by atoms with Crippen molar-refractivity contribution in [1.29, 1.82) is 0 Å². The van der Waals surface area contributed by atoms with Gasteiger partial charge in [-0.3, -0.25) is 4.79 Å². The van der Waals surface area contributed by atoms with Crippen LogP contribution in [0.4, 0.5) is 0 Å². The van der Waals surface area contributed by atoms with Crippen LogP contribution in [0.15, 0.2) is 30.3 Å². The van der Waals surface area contributed by atoms with E-state index in [2.05, 4.69) is 36.5 Å². The molecule has 0 bridgehead atoms. The molecule has 2 heteroatoms. The molecule has 15 heavy (non-hydrogen) atoms. The van der Waals surface area contributed by atoms with Gasteiger partial charge in [-0.1, -0.05) is 37.3 Å². The van der Waals surface area contributed by atoms with Gasteiger partial charge in [-0.15, -0.1) is 0 Å². The van der Waals surface area contributed by atoms with E-state index in [1.165, 1.54) is 5.56 Å². The number of carbonyl (C=O) groups is 1. The zero-order valence-electron chi connectivity index (χ0n) is 9.12. The number of piperidine rings is 1. The van der Waals surface area contributed by atoms with Gasteiger partial charge >= 0.3 is 0 Å². The summed E-state index contributed by atoms with van der Waals surface area (Å²) in [6.45, 7) is 3.06. The number of hydrogen-bond donors (Lipinski definition) is 1. The minimum atomic E-state index is 0.195. The zero-order valence-corrected chi connectivity index (χ0v) is 9.12. The number of hydrogen-bond acceptors (Lipinski definition) is 1. The number of amides is 1. The highest BCUT2D eigenvalue weighted by atomic mass is 16.1. The maximum atomic E-state index is 11.1. The number of rotatable bonds is 2. The molecule has 0 saturated carbocycles. The van der Waals surface area contributed by atoms with Crippen molar-refractivity contribution in [1.82, 2.24) is 5.32 Å². The van der Waals surface area contributed by atoms with Gasteiger partial charge in [0.05, 0.1) is 0 Å². The highest BCUT2D eigenvalue weighted by Crippen LogP contribution is 2.29. The second-order valence-corrected chi connectivity index (χ2v) is 4.75. The summed E-state index contributed by atoms with van der Waals surface area (Å²) in [5.74, 6) is 0.195. The van der Waals surface area contributed by atoms with Gasteiger partial charge in [-0.2, -0.15) is 0 Å². The van der Waals surface area contributed by atoms with E-state index in [-0.39, 0.29) is 11.3 Å². The molecule has 1 fully saturated rings. The minimum Gasteiger partial charge on any atom is -0.356 e. The van der Waals surface area contributed by atoms with Gasteiger partial charge in [-0.25, -0.2) is 0 Å². The van der Waals surface area contributed by atoms with E-state index in [4.69, 9.17) is 0 Å². The lowest BCUT2D eigenvalue weighted by Crippen LogP contribution is -2.42. The maximum Gasteiger partial charge on any atom is 0.220 e. The Morgan fingerprint density at radius 1 is 1.33 bits per heavy atom. The summed E-state index contributed by atoms with van der Waals surface area (Å²) in [4.78, 5) is 11.1. The van der Waals surface area contributed by atoms with E-state index in [0.29, 0.717) is 6.42 Å². The molecular formula is C13H17NO. The van der Waals surface area contributed by atoms with Crippen LogP contribution < -0.4 is 5.32 Å². The lowest BCUT2D eigenvalue weighted by molar-refractivity contribution is -0.124. The van der Waals surface area contributed by atoms with Crippen molar-refractivity contribution < 1.29 is 4.79 Å². The normalized spacial score (nSPS) is 26.1. The first-order valence-corrected chi connectivity index (χ1v) is 5.49. The standard InChI is InChI=1S/C13H17NO/c1-13(8-7-12(15)14-10-13)9-11-5-3-2-4-6-11/h2-6H,7-10H2,1H3,(H,14,15). The molecule has 1 aliphatic heterocycles. The van der Waals surface area contributed by atoms with Gasteiger partial charge in [0.1, 0.15) is 0 Å². The average molecular weight is 203 g/mol. The van der Waals surface area contributed by atoms with E-state index < -0.39 is 0 Å². The first-order valence-electron chi connectivity index (χ1n) is 5.49. The highest BCUT2D eigenvalue weighted by molar-refractivity contribution is 5.76. The molecule has 1 N–H and O–H groups in total. The van der Waals surface area contributed by atoms with Crippen LogP contribution in [-0.2, 0) is 11.2 Å². The minimum absolute atomic E-state index is 0.195. The summed E-state index contributed by atoms with van der Waals surface area (Å²) in [6.07, 6.45) is 2.71. The van der Waals surface area contributed by atoms with E-state index >= 15 is 0 Å². The summed E-state index contributed by atoms with van der Waals surface area (Å²) < 4.78 is 0. The molecule has 1 saturated heterocycles. The molecule has 1 atom stereocenters. The summed E-state index contributed by atoms with van der Waals surface area (Å²) in [5.41, 5.74) is 1.59. The fraction of sp³-hybridized carbons (Fsp3) is 0.462. The molecular weight excluding hydrogens is 186 g/mol. The largest absolute Gasteiger partial charge is 0.356 e. The lowest BCUT2D eigenvalue weighted by atomic mass is 9.77. The van der Waals surface area contributed by atoms with E-state index in [1.54, 1.807) is 0 Å². The highest BCUT2D eigenvalue weighted by Gasteiger charge is 2.29. The number of carbonyl (C=O) groups excluding carboxylic acids is 1. The molecule has 0 aliphatic carbocycles. The summed E-state index contributed by atoms with van der Waals surface area (Å²) in [7, 11) is 0. The Hall–Kier alpha value is -1.31. The quantitative estimate of drug-likeness (QED) is 0.784. The summed E-state index contributed by atoms with van der Waals surface area (Å²) in [6, 6.07) is 10.5. The SMILES string of the molecule is CC1(Cc2ccccc2)CCC(=O)NC1. The monoisotopic (exact) mass is 203 g/mol. The first kappa shape index (κ1) is 10.2. The third kappa shape index (κ3) is 2.58. The zero-order chi connectivity index (χ0) is 10.7. The van der Waals surface area contributed by atoms with Gasteiger partial charge in [0.2, 0.25) is 5.91 Å². The van der Waals surface area contributed by atoms with Crippen LogP contribution >= 0.6 is 0 Å². The number of nitrogens with one attached hydrogen (secondary N) is 1. The molecule has 1 unspecified atom stereocenters. The maximum absolute atomic E-state index is 11.1. The Morgan fingerprint density at radius 3 is 2.67 bits per heavy atom. The molecule has 0 spiro atoms. The second kappa shape index (κ2) is 4.05.